The molecule has 2 aliphatic rings. The zero-order valence-corrected chi connectivity index (χ0v) is 12.1. The number of aromatic nitrogens is 1. The van der Waals surface area contributed by atoms with Gasteiger partial charge in [-0.3, -0.25) is 4.79 Å². The molecule has 0 saturated carbocycles. The number of anilines is 1. The van der Waals surface area contributed by atoms with Crippen LogP contribution in [0.1, 0.15) is 0 Å². The van der Waals surface area contributed by atoms with Crippen LogP contribution in [0.4, 0.5) is 5.13 Å². The number of carbonyl (C=O) groups is 2. The van der Waals surface area contributed by atoms with Gasteiger partial charge in [0, 0.05) is 11.9 Å². The highest BCUT2D eigenvalue weighted by Gasteiger charge is 2.50. The molecule has 1 amide bonds. The van der Waals surface area contributed by atoms with Crippen molar-refractivity contribution in [3.8, 4) is 0 Å². The molecule has 1 N–H and O–H groups in total. The molecule has 1 fully saturated rings. The van der Waals surface area contributed by atoms with Crippen LogP contribution in [0, 0.1) is 11.8 Å². The number of fused-ring (bicyclic) bond motifs is 3. The van der Waals surface area contributed by atoms with Gasteiger partial charge in [0.25, 0.3) is 0 Å². The quantitative estimate of drug-likeness (QED) is 0.835. The first-order valence-electron chi connectivity index (χ1n) is 6.84. The lowest BCUT2D eigenvalue weighted by atomic mass is 9.82. The fourth-order valence-electron chi connectivity index (χ4n) is 3.02. The fourth-order valence-corrected chi connectivity index (χ4v) is 3.88. The summed E-state index contributed by atoms with van der Waals surface area (Å²) in [6.45, 7) is 0. The van der Waals surface area contributed by atoms with Crippen molar-refractivity contribution in [3.05, 3.63) is 36.4 Å². The number of hydrogen-bond donors (Lipinski definition) is 1. The molecule has 4 atom stereocenters. The summed E-state index contributed by atoms with van der Waals surface area (Å²) in [7, 11) is 0. The third-order valence-electron chi connectivity index (χ3n) is 4.00. The van der Waals surface area contributed by atoms with Crippen LogP contribution in [0.15, 0.2) is 36.4 Å². The first-order chi connectivity index (χ1) is 10.6. The number of aliphatic carboxylic acids is 1. The van der Waals surface area contributed by atoms with Crippen LogP contribution in [0.3, 0.4) is 0 Å². The van der Waals surface area contributed by atoms with Gasteiger partial charge in [-0.15, -0.1) is 0 Å². The predicted molar refractivity (Wildman–Crippen MR) is 78.0 cm³/mol. The van der Waals surface area contributed by atoms with E-state index in [0.29, 0.717) is 5.13 Å². The predicted octanol–water partition coefficient (Wildman–Crippen LogP) is 0.554. The average molecular weight is 315 g/mol. The van der Waals surface area contributed by atoms with Crippen LogP contribution in [0.25, 0.3) is 10.2 Å². The molecule has 112 valence electrons. The molecular formula is C15H11N2O4S-. The number of amides is 1. The second-order valence-electron chi connectivity index (χ2n) is 5.30. The Morgan fingerprint density at radius 1 is 1.18 bits per heavy atom. The normalized spacial score (nSPS) is 29.1. The molecule has 2 aliphatic heterocycles. The number of ether oxygens (including phenoxy) is 1. The van der Waals surface area contributed by atoms with Crippen molar-refractivity contribution in [1.82, 2.24) is 4.98 Å². The minimum atomic E-state index is -1.26. The van der Waals surface area contributed by atoms with Gasteiger partial charge in [0.05, 0.1) is 28.3 Å². The highest BCUT2D eigenvalue weighted by Crippen LogP contribution is 2.39. The van der Waals surface area contributed by atoms with Gasteiger partial charge in [0.15, 0.2) is 5.13 Å². The number of nitrogens with zero attached hydrogens (tertiary/aromatic N) is 1. The zero-order valence-electron chi connectivity index (χ0n) is 11.3. The van der Waals surface area contributed by atoms with Crippen LogP contribution < -0.4 is 10.4 Å². The molecule has 4 rings (SSSR count). The maximum absolute atomic E-state index is 12.4. The molecule has 1 saturated heterocycles. The molecular weight excluding hydrogens is 304 g/mol. The molecule has 1 aromatic carbocycles. The number of benzene rings is 1. The lowest BCUT2D eigenvalue weighted by Gasteiger charge is -2.24. The van der Waals surface area contributed by atoms with E-state index in [4.69, 9.17) is 4.74 Å². The van der Waals surface area contributed by atoms with Crippen molar-refractivity contribution in [2.75, 3.05) is 5.32 Å². The first-order valence-corrected chi connectivity index (χ1v) is 7.66. The second-order valence-corrected chi connectivity index (χ2v) is 6.33. The van der Waals surface area contributed by atoms with Gasteiger partial charge >= 0.3 is 0 Å². The van der Waals surface area contributed by atoms with Crippen LogP contribution in [0.2, 0.25) is 0 Å². The summed E-state index contributed by atoms with van der Waals surface area (Å²) in [5.41, 5.74) is 0.795. The van der Waals surface area contributed by atoms with Crippen molar-refractivity contribution in [2.24, 2.45) is 11.8 Å². The number of carboxylic acid groups (broad SMARTS) is 1. The molecule has 7 heteroatoms. The minimum absolute atomic E-state index is 0.398. The zero-order chi connectivity index (χ0) is 15.3. The molecule has 6 nitrogen and oxygen atoms in total. The number of carbonyl (C=O) groups excluding carboxylic acids is 2. The topological polar surface area (TPSA) is 91.3 Å². The second kappa shape index (κ2) is 4.89. The summed E-state index contributed by atoms with van der Waals surface area (Å²) in [5.74, 6) is -3.40. The highest BCUT2D eigenvalue weighted by atomic mass is 32.1. The van der Waals surface area contributed by atoms with E-state index in [1.54, 1.807) is 12.2 Å². The number of nitrogens with one attached hydrogen (secondary N) is 1. The van der Waals surface area contributed by atoms with Crippen molar-refractivity contribution in [2.45, 2.75) is 12.2 Å². The van der Waals surface area contributed by atoms with Crippen LogP contribution >= 0.6 is 11.3 Å². The van der Waals surface area contributed by atoms with Crippen LogP contribution in [-0.2, 0) is 14.3 Å². The fraction of sp³-hybridized carbons (Fsp3) is 0.267. The SMILES string of the molecule is O=C([O-])[C@@H]1[C@H](C(=O)Nc2nc3ccccc3s2)[C@@H]2C=C[C@H]1O2. The van der Waals surface area contributed by atoms with Gasteiger partial charge in [-0.1, -0.05) is 35.6 Å². The minimum Gasteiger partial charge on any atom is -0.550 e. The molecule has 2 aromatic rings. The Morgan fingerprint density at radius 3 is 2.64 bits per heavy atom. The standard InChI is InChI=1S/C15H12N2O4S/c18-13(11-8-5-6-9(21-8)12(11)14(19)20)17-15-16-7-3-1-2-4-10(7)22-15/h1-6,8-9,11-12H,(H,19,20)(H,16,17,18)/p-1/t8-,9+,11+,12-/m0/s1. The maximum atomic E-state index is 12.4. The van der Waals surface area contributed by atoms with Gasteiger partial charge in [-0.25, -0.2) is 4.98 Å². The maximum Gasteiger partial charge on any atom is 0.233 e. The summed E-state index contributed by atoms with van der Waals surface area (Å²) >= 11 is 1.35. The molecule has 3 heterocycles. The van der Waals surface area contributed by atoms with Gasteiger partial charge in [0.2, 0.25) is 5.91 Å². The van der Waals surface area contributed by atoms with Gasteiger partial charge in [-0.05, 0) is 12.1 Å². The molecule has 1 aromatic heterocycles. The largest absolute Gasteiger partial charge is 0.550 e. The van der Waals surface area contributed by atoms with Crippen molar-refractivity contribution < 1.29 is 19.4 Å². The Morgan fingerprint density at radius 2 is 1.91 bits per heavy atom. The van der Waals surface area contributed by atoms with Crippen LogP contribution in [-0.4, -0.2) is 29.1 Å². The lowest BCUT2D eigenvalue weighted by Crippen LogP contribution is -2.45. The smallest absolute Gasteiger partial charge is 0.233 e. The number of thiazole rings is 1. The average Bonchev–Trinajstić information content (AvgIpc) is 3.19. The van der Waals surface area contributed by atoms with Gasteiger partial charge in [-0.2, -0.15) is 0 Å². The molecule has 2 bridgehead atoms. The monoisotopic (exact) mass is 315 g/mol. The van der Waals surface area contributed by atoms with E-state index >= 15 is 0 Å². The van der Waals surface area contributed by atoms with E-state index < -0.39 is 35.9 Å². The Bertz CT molecular complexity index is 767. The summed E-state index contributed by atoms with van der Waals surface area (Å²) in [4.78, 5) is 28.0. The third kappa shape index (κ3) is 2.01. The first kappa shape index (κ1) is 13.4. The van der Waals surface area contributed by atoms with E-state index in [-0.39, 0.29) is 0 Å². The third-order valence-corrected chi connectivity index (χ3v) is 4.95. The van der Waals surface area contributed by atoms with E-state index in [0.717, 1.165) is 10.2 Å². The Labute approximate surface area is 129 Å². The van der Waals surface area contributed by atoms with Gasteiger partial charge < -0.3 is 20.0 Å². The number of rotatable bonds is 3. The molecule has 0 aliphatic carbocycles. The van der Waals surface area contributed by atoms with E-state index in [2.05, 4.69) is 10.3 Å². The van der Waals surface area contributed by atoms with Crippen molar-refractivity contribution in [3.63, 3.8) is 0 Å². The lowest BCUT2D eigenvalue weighted by molar-refractivity contribution is -0.313. The van der Waals surface area contributed by atoms with Crippen molar-refractivity contribution >= 4 is 38.6 Å². The van der Waals surface area contributed by atoms with E-state index in [1.807, 2.05) is 24.3 Å². The number of carboxylic acids is 1. The Kier molecular flexibility index (Phi) is 2.98. The molecule has 0 unspecified atom stereocenters. The molecule has 0 spiro atoms. The highest BCUT2D eigenvalue weighted by molar-refractivity contribution is 7.22. The molecule has 22 heavy (non-hydrogen) atoms. The summed E-state index contributed by atoms with van der Waals surface area (Å²) in [6, 6.07) is 7.53. The van der Waals surface area contributed by atoms with E-state index in [9.17, 15) is 14.7 Å². The summed E-state index contributed by atoms with van der Waals surface area (Å²) in [5, 5.41) is 14.4. The summed E-state index contributed by atoms with van der Waals surface area (Å²) < 4.78 is 6.42. The number of para-hydroxylation sites is 1. The Hall–Kier alpha value is -2.25. The van der Waals surface area contributed by atoms with Gasteiger partial charge in [0.1, 0.15) is 0 Å². The number of hydrogen-bond acceptors (Lipinski definition) is 6. The molecule has 0 radical (unpaired) electrons. The van der Waals surface area contributed by atoms with Crippen molar-refractivity contribution in [1.29, 1.82) is 0 Å². The van der Waals surface area contributed by atoms with E-state index in [1.165, 1.54) is 11.3 Å². The summed E-state index contributed by atoms with van der Waals surface area (Å²) in [6.07, 6.45) is 2.31. The van der Waals surface area contributed by atoms with Crippen LogP contribution in [0.5, 0.6) is 0 Å². The Balaban J connectivity index is 1.59.